The van der Waals surface area contributed by atoms with Gasteiger partial charge in [-0.2, -0.15) is 13.2 Å². The van der Waals surface area contributed by atoms with E-state index in [0.29, 0.717) is 12.5 Å². The third-order valence-electron chi connectivity index (χ3n) is 2.16. The van der Waals surface area contributed by atoms with Gasteiger partial charge in [-0.3, -0.25) is 0 Å². The van der Waals surface area contributed by atoms with E-state index in [4.69, 9.17) is 5.73 Å². The molecule has 1 aromatic carbocycles. The monoisotopic (exact) mass is 221 g/mol. The summed E-state index contributed by atoms with van der Waals surface area (Å²) in [6.07, 6.45) is -4.08. The number of hydrogen-bond acceptors (Lipinski definition) is 1. The third-order valence-corrected chi connectivity index (χ3v) is 2.16. The summed E-state index contributed by atoms with van der Waals surface area (Å²) < 4.78 is 50.1. The molecule has 0 aliphatic carbocycles. The van der Waals surface area contributed by atoms with E-state index in [2.05, 4.69) is 0 Å². The van der Waals surface area contributed by atoms with E-state index in [9.17, 15) is 17.6 Å². The molecule has 1 atom stereocenters. The lowest BCUT2D eigenvalue weighted by molar-refractivity contribution is -0.137. The van der Waals surface area contributed by atoms with Crippen LogP contribution in [0.3, 0.4) is 0 Å². The van der Waals surface area contributed by atoms with Crippen LogP contribution in [-0.2, 0) is 6.18 Å². The highest BCUT2D eigenvalue weighted by atomic mass is 19.4. The first-order valence-electron chi connectivity index (χ1n) is 4.48. The molecule has 1 aromatic rings. The molecular formula is C10H11F4N. The summed E-state index contributed by atoms with van der Waals surface area (Å²) in [4.78, 5) is 0. The van der Waals surface area contributed by atoms with Gasteiger partial charge in [0, 0.05) is 11.6 Å². The molecular weight excluding hydrogens is 210 g/mol. The van der Waals surface area contributed by atoms with E-state index in [1.807, 2.05) is 0 Å². The zero-order chi connectivity index (χ0) is 11.6. The summed E-state index contributed by atoms with van der Waals surface area (Å²) in [5.74, 6) is -0.697. The molecule has 0 saturated heterocycles. The van der Waals surface area contributed by atoms with E-state index >= 15 is 0 Å². The average Bonchev–Trinajstić information content (AvgIpc) is 2.15. The van der Waals surface area contributed by atoms with Crippen LogP contribution in [0.25, 0.3) is 0 Å². The first-order chi connectivity index (χ1) is 6.86. The molecule has 0 aromatic heterocycles. The van der Waals surface area contributed by atoms with Gasteiger partial charge in [-0.1, -0.05) is 6.92 Å². The van der Waals surface area contributed by atoms with Gasteiger partial charge in [0.05, 0.1) is 5.56 Å². The topological polar surface area (TPSA) is 26.0 Å². The maximum atomic E-state index is 13.1. The number of alkyl halides is 3. The Balaban J connectivity index is 3.17. The molecule has 0 aliphatic rings. The van der Waals surface area contributed by atoms with Gasteiger partial charge in [0.15, 0.2) is 0 Å². The minimum absolute atomic E-state index is 0.0904. The Morgan fingerprint density at radius 2 is 1.93 bits per heavy atom. The first-order valence-corrected chi connectivity index (χ1v) is 4.48. The van der Waals surface area contributed by atoms with Crippen molar-refractivity contribution in [3.63, 3.8) is 0 Å². The van der Waals surface area contributed by atoms with Crippen molar-refractivity contribution in [3.05, 3.63) is 35.1 Å². The Labute approximate surface area is 84.9 Å². The second-order valence-electron chi connectivity index (χ2n) is 3.25. The standard InChI is InChI=1S/C10H11F4N/c1-2-9(15)7-5-6(10(12,13)14)3-4-8(7)11/h3-5,9H,2,15H2,1H3/t9-/m0/s1. The molecule has 2 N–H and O–H groups in total. The van der Waals surface area contributed by atoms with Gasteiger partial charge < -0.3 is 5.73 Å². The van der Waals surface area contributed by atoms with Crippen molar-refractivity contribution >= 4 is 0 Å². The van der Waals surface area contributed by atoms with Gasteiger partial charge in [0.1, 0.15) is 5.82 Å². The SMILES string of the molecule is CC[C@H](N)c1cc(C(F)(F)F)ccc1F. The molecule has 0 saturated carbocycles. The molecule has 0 fully saturated rings. The fourth-order valence-electron chi connectivity index (χ4n) is 1.22. The van der Waals surface area contributed by atoms with Crippen LogP contribution < -0.4 is 5.73 Å². The Hall–Kier alpha value is -1.10. The summed E-state index contributed by atoms with van der Waals surface area (Å²) in [7, 11) is 0. The third kappa shape index (κ3) is 2.68. The van der Waals surface area contributed by atoms with E-state index < -0.39 is 23.6 Å². The fourth-order valence-corrected chi connectivity index (χ4v) is 1.22. The summed E-state index contributed by atoms with van der Waals surface area (Å²) >= 11 is 0. The van der Waals surface area contributed by atoms with E-state index in [-0.39, 0.29) is 5.56 Å². The zero-order valence-electron chi connectivity index (χ0n) is 8.11. The van der Waals surface area contributed by atoms with Crippen LogP contribution in [0.1, 0.15) is 30.5 Å². The van der Waals surface area contributed by atoms with Gasteiger partial charge in [-0.05, 0) is 24.6 Å². The summed E-state index contributed by atoms with van der Waals surface area (Å²) in [6.45, 7) is 1.68. The Kier molecular flexibility index (Phi) is 3.34. The molecule has 0 radical (unpaired) electrons. The molecule has 0 amide bonds. The lowest BCUT2D eigenvalue weighted by Crippen LogP contribution is -2.13. The zero-order valence-corrected chi connectivity index (χ0v) is 8.11. The predicted octanol–water partition coefficient (Wildman–Crippen LogP) is 3.25. The van der Waals surface area contributed by atoms with Crippen LogP contribution >= 0.6 is 0 Å². The maximum Gasteiger partial charge on any atom is 0.416 e. The molecule has 15 heavy (non-hydrogen) atoms. The molecule has 84 valence electrons. The molecule has 0 unspecified atom stereocenters. The molecule has 1 nitrogen and oxygen atoms in total. The minimum Gasteiger partial charge on any atom is -0.324 e. The number of nitrogens with two attached hydrogens (primary N) is 1. The predicted molar refractivity (Wildman–Crippen MR) is 48.6 cm³/mol. The number of rotatable bonds is 2. The van der Waals surface area contributed by atoms with Crippen molar-refractivity contribution < 1.29 is 17.6 Å². The van der Waals surface area contributed by atoms with Crippen molar-refractivity contribution in [2.24, 2.45) is 5.73 Å². The molecule has 5 heteroatoms. The van der Waals surface area contributed by atoms with Crippen LogP contribution in [0.5, 0.6) is 0 Å². The normalized spacial score (nSPS) is 14.0. The molecule has 0 heterocycles. The van der Waals surface area contributed by atoms with E-state index in [0.717, 1.165) is 12.1 Å². The minimum atomic E-state index is -4.46. The second-order valence-corrected chi connectivity index (χ2v) is 3.25. The molecule has 0 spiro atoms. The largest absolute Gasteiger partial charge is 0.416 e. The highest BCUT2D eigenvalue weighted by Crippen LogP contribution is 2.31. The van der Waals surface area contributed by atoms with E-state index in [1.165, 1.54) is 0 Å². The Morgan fingerprint density at radius 1 is 1.33 bits per heavy atom. The quantitative estimate of drug-likeness (QED) is 0.762. The van der Waals surface area contributed by atoms with Crippen LogP contribution in [0.2, 0.25) is 0 Å². The summed E-state index contributed by atoms with van der Waals surface area (Å²) in [5, 5.41) is 0. The van der Waals surface area contributed by atoms with Crippen LogP contribution in [0, 0.1) is 5.82 Å². The van der Waals surface area contributed by atoms with Gasteiger partial charge in [0.2, 0.25) is 0 Å². The van der Waals surface area contributed by atoms with Crippen LogP contribution in [-0.4, -0.2) is 0 Å². The lowest BCUT2D eigenvalue weighted by Gasteiger charge is -2.13. The number of hydrogen-bond donors (Lipinski definition) is 1. The average molecular weight is 221 g/mol. The van der Waals surface area contributed by atoms with Crippen molar-refractivity contribution in [2.45, 2.75) is 25.6 Å². The Bertz CT molecular complexity index is 346. The van der Waals surface area contributed by atoms with Gasteiger partial charge in [0.25, 0.3) is 0 Å². The highest BCUT2D eigenvalue weighted by molar-refractivity contribution is 5.29. The van der Waals surface area contributed by atoms with Crippen molar-refractivity contribution in [1.82, 2.24) is 0 Å². The second kappa shape index (κ2) is 4.18. The lowest BCUT2D eigenvalue weighted by atomic mass is 10.0. The number of halogens is 4. The van der Waals surface area contributed by atoms with Crippen molar-refractivity contribution in [3.8, 4) is 0 Å². The van der Waals surface area contributed by atoms with Gasteiger partial charge in [-0.15, -0.1) is 0 Å². The fraction of sp³-hybridized carbons (Fsp3) is 0.400. The number of benzene rings is 1. The summed E-state index contributed by atoms with van der Waals surface area (Å²) in [5.41, 5.74) is 4.54. The molecule has 0 bridgehead atoms. The summed E-state index contributed by atoms with van der Waals surface area (Å²) in [6, 6.07) is 1.57. The van der Waals surface area contributed by atoms with Crippen molar-refractivity contribution in [2.75, 3.05) is 0 Å². The highest BCUT2D eigenvalue weighted by Gasteiger charge is 2.31. The Morgan fingerprint density at radius 3 is 2.40 bits per heavy atom. The molecule has 0 aliphatic heterocycles. The smallest absolute Gasteiger partial charge is 0.324 e. The first kappa shape index (κ1) is 12.0. The maximum absolute atomic E-state index is 13.1. The molecule has 1 rings (SSSR count). The van der Waals surface area contributed by atoms with Crippen LogP contribution in [0.4, 0.5) is 17.6 Å². The van der Waals surface area contributed by atoms with Gasteiger partial charge >= 0.3 is 6.18 Å². The van der Waals surface area contributed by atoms with Gasteiger partial charge in [-0.25, -0.2) is 4.39 Å². The van der Waals surface area contributed by atoms with E-state index in [1.54, 1.807) is 6.92 Å². The van der Waals surface area contributed by atoms with Crippen LogP contribution in [0.15, 0.2) is 18.2 Å². The van der Waals surface area contributed by atoms with Crippen molar-refractivity contribution in [1.29, 1.82) is 0 Å².